The predicted molar refractivity (Wildman–Crippen MR) is 89.5 cm³/mol. The first-order valence-electron chi connectivity index (χ1n) is 8.61. The van der Waals surface area contributed by atoms with Crippen molar-refractivity contribution in [2.45, 2.75) is 26.1 Å². The van der Waals surface area contributed by atoms with Crippen molar-refractivity contribution >= 4 is 5.91 Å². The number of hydrogen-bond acceptors (Lipinski definition) is 5. The van der Waals surface area contributed by atoms with E-state index < -0.39 is 17.8 Å². The highest BCUT2D eigenvalue weighted by Gasteiger charge is 2.33. The molecule has 1 aliphatic heterocycles. The topological polar surface area (TPSA) is 73.1 Å². The van der Waals surface area contributed by atoms with Crippen LogP contribution in [0.5, 0.6) is 0 Å². The Bertz CT molecular complexity index is 800. The lowest BCUT2D eigenvalue weighted by molar-refractivity contribution is -0.141. The number of alkyl halides is 3. The number of carbonyl (C=O) groups is 1. The van der Waals surface area contributed by atoms with E-state index in [4.69, 9.17) is 4.74 Å². The maximum atomic E-state index is 12.9. The molecule has 0 bridgehead atoms. The van der Waals surface area contributed by atoms with Crippen LogP contribution in [0.1, 0.15) is 25.5 Å². The van der Waals surface area contributed by atoms with Gasteiger partial charge in [0.2, 0.25) is 11.7 Å². The lowest BCUT2D eigenvalue weighted by Crippen LogP contribution is -2.46. The highest BCUT2D eigenvalue weighted by molar-refractivity contribution is 5.80. The monoisotopic (exact) mass is 383 g/mol. The van der Waals surface area contributed by atoms with E-state index in [0.29, 0.717) is 26.3 Å². The van der Waals surface area contributed by atoms with Crippen LogP contribution in [0.15, 0.2) is 24.3 Å². The number of aromatic nitrogens is 4. The first-order valence-corrected chi connectivity index (χ1v) is 8.61. The molecule has 1 unspecified atom stereocenters. The molecule has 0 aliphatic carbocycles. The van der Waals surface area contributed by atoms with Crippen molar-refractivity contribution in [2.75, 3.05) is 26.3 Å². The summed E-state index contributed by atoms with van der Waals surface area (Å²) in [5.41, 5.74) is -0.599. The third kappa shape index (κ3) is 4.26. The van der Waals surface area contributed by atoms with Crippen molar-refractivity contribution in [2.24, 2.45) is 5.92 Å². The third-order valence-electron chi connectivity index (χ3n) is 4.33. The molecule has 146 valence electrons. The van der Waals surface area contributed by atoms with E-state index in [2.05, 4.69) is 15.4 Å². The van der Waals surface area contributed by atoms with Gasteiger partial charge in [-0.25, -0.2) is 0 Å². The first-order chi connectivity index (χ1) is 12.8. The number of carbonyl (C=O) groups excluding carboxylic acids is 1. The normalized spacial score (nSPS) is 16.6. The largest absolute Gasteiger partial charge is 0.416 e. The molecule has 3 rings (SSSR count). The second-order valence-corrected chi connectivity index (χ2v) is 6.64. The third-order valence-corrected chi connectivity index (χ3v) is 4.33. The van der Waals surface area contributed by atoms with Gasteiger partial charge in [-0.05, 0) is 23.3 Å². The maximum Gasteiger partial charge on any atom is 0.416 e. The molecule has 0 spiro atoms. The zero-order valence-electron chi connectivity index (χ0n) is 15.0. The highest BCUT2D eigenvalue weighted by atomic mass is 19.4. The molecule has 1 aliphatic rings. The molecule has 1 aromatic carbocycles. The molecule has 7 nitrogen and oxygen atoms in total. The van der Waals surface area contributed by atoms with Crippen LogP contribution in [0.2, 0.25) is 0 Å². The van der Waals surface area contributed by atoms with Crippen LogP contribution in [0, 0.1) is 5.92 Å². The van der Waals surface area contributed by atoms with E-state index in [9.17, 15) is 18.0 Å². The van der Waals surface area contributed by atoms with Gasteiger partial charge in [0.15, 0.2) is 6.04 Å². The van der Waals surface area contributed by atoms with E-state index in [1.165, 1.54) is 16.9 Å². The second-order valence-electron chi connectivity index (χ2n) is 6.64. The molecule has 1 fully saturated rings. The Hall–Kier alpha value is -2.49. The minimum Gasteiger partial charge on any atom is -0.378 e. The van der Waals surface area contributed by atoms with E-state index in [-0.39, 0.29) is 23.2 Å². The summed E-state index contributed by atoms with van der Waals surface area (Å²) in [6, 6.07) is 4.03. The first kappa shape index (κ1) is 19.3. The van der Waals surface area contributed by atoms with Crippen LogP contribution in [-0.4, -0.2) is 57.3 Å². The van der Waals surface area contributed by atoms with Gasteiger partial charge in [-0.1, -0.05) is 26.0 Å². The van der Waals surface area contributed by atoms with E-state index in [0.717, 1.165) is 12.1 Å². The van der Waals surface area contributed by atoms with Crippen molar-refractivity contribution in [1.29, 1.82) is 0 Å². The number of benzene rings is 1. The Labute approximate surface area is 154 Å². The molecule has 2 heterocycles. The standard InChI is InChI=1S/C17H20F3N5O2/c1-11(2)14(16(26)24-6-8-27-9-7-24)25-22-15(21-23-25)12-4-3-5-13(10-12)17(18,19)20/h3-5,10-11,14H,6-9H2,1-2H3. The molecule has 2 aromatic rings. The number of rotatable bonds is 4. The molecular formula is C17H20F3N5O2. The van der Waals surface area contributed by atoms with E-state index in [1.54, 1.807) is 4.90 Å². The summed E-state index contributed by atoms with van der Waals surface area (Å²) in [6.07, 6.45) is -4.46. The summed E-state index contributed by atoms with van der Waals surface area (Å²) in [4.78, 5) is 15.7. The van der Waals surface area contributed by atoms with Gasteiger partial charge in [-0.2, -0.15) is 18.0 Å². The van der Waals surface area contributed by atoms with Crippen LogP contribution >= 0.6 is 0 Å². The smallest absolute Gasteiger partial charge is 0.378 e. The molecule has 0 N–H and O–H groups in total. The van der Waals surface area contributed by atoms with Crippen LogP contribution < -0.4 is 0 Å². The van der Waals surface area contributed by atoms with Crippen LogP contribution in [0.4, 0.5) is 13.2 Å². The molecule has 27 heavy (non-hydrogen) atoms. The number of nitrogens with zero attached hydrogens (tertiary/aromatic N) is 5. The van der Waals surface area contributed by atoms with Crippen LogP contribution in [0.25, 0.3) is 11.4 Å². The molecular weight excluding hydrogens is 363 g/mol. The fourth-order valence-electron chi connectivity index (χ4n) is 2.91. The predicted octanol–water partition coefficient (Wildman–Crippen LogP) is 2.41. The molecule has 1 amide bonds. The van der Waals surface area contributed by atoms with Gasteiger partial charge in [0.1, 0.15) is 0 Å². The Morgan fingerprint density at radius 1 is 1.22 bits per heavy atom. The van der Waals surface area contributed by atoms with E-state index >= 15 is 0 Å². The summed E-state index contributed by atoms with van der Waals surface area (Å²) in [5.74, 6) is -0.230. The number of amides is 1. The number of halogens is 3. The zero-order chi connectivity index (χ0) is 19.6. The maximum absolute atomic E-state index is 12.9. The minimum absolute atomic E-state index is 0.0431. The summed E-state index contributed by atoms with van der Waals surface area (Å²) in [7, 11) is 0. The van der Waals surface area contributed by atoms with Gasteiger partial charge in [-0.3, -0.25) is 4.79 Å². The van der Waals surface area contributed by atoms with Crippen molar-refractivity contribution in [3.05, 3.63) is 29.8 Å². The van der Waals surface area contributed by atoms with Gasteiger partial charge in [0.25, 0.3) is 0 Å². The molecule has 0 saturated carbocycles. The number of hydrogen-bond donors (Lipinski definition) is 0. The molecule has 10 heteroatoms. The fraction of sp³-hybridized carbons (Fsp3) is 0.529. The zero-order valence-corrected chi connectivity index (χ0v) is 15.0. The Balaban J connectivity index is 1.87. The van der Waals surface area contributed by atoms with Crippen molar-refractivity contribution < 1.29 is 22.7 Å². The number of morpholine rings is 1. The lowest BCUT2D eigenvalue weighted by Gasteiger charge is -2.31. The molecule has 1 saturated heterocycles. The quantitative estimate of drug-likeness (QED) is 0.811. The highest BCUT2D eigenvalue weighted by Crippen LogP contribution is 2.31. The summed E-state index contributed by atoms with van der Waals surface area (Å²) >= 11 is 0. The molecule has 0 radical (unpaired) electrons. The van der Waals surface area contributed by atoms with Crippen molar-refractivity contribution in [3.8, 4) is 11.4 Å². The summed E-state index contributed by atoms with van der Waals surface area (Å²) in [5, 5.41) is 12.0. The van der Waals surface area contributed by atoms with Crippen molar-refractivity contribution in [3.63, 3.8) is 0 Å². The second kappa shape index (κ2) is 7.63. The number of tetrazole rings is 1. The molecule has 1 atom stereocenters. The number of ether oxygens (including phenoxy) is 1. The van der Waals surface area contributed by atoms with E-state index in [1.807, 2.05) is 13.8 Å². The van der Waals surface area contributed by atoms with Gasteiger partial charge >= 0.3 is 6.18 Å². The van der Waals surface area contributed by atoms with Crippen molar-refractivity contribution in [1.82, 2.24) is 25.1 Å². The average Bonchev–Trinajstić information content (AvgIpc) is 3.11. The summed E-state index contributed by atoms with van der Waals surface area (Å²) < 4.78 is 44.0. The van der Waals surface area contributed by atoms with Crippen LogP contribution in [0.3, 0.4) is 0 Å². The van der Waals surface area contributed by atoms with Gasteiger partial charge in [0.05, 0.1) is 18.8 Å². The van der Waals surface area contributed by atoms with Gasteiger partial charge in [0, 0.05) is 18.7 Å². The summed E-state index contributed by atoms with van der Waals surface area (Å²) in [6.45, 7) is 5.62. The van der Waals surface area contributed by atoms with Gasteiger partial charge < -0.3 is 9.64 Å². The fourth-order valence-corrected chi connectivity index (χ4v) is 2.91. The lowest BCUT2D eigenvalue weighted by atomic mass is 10.0. The average molecular weight is 383 g/mol. The Morgan fingerprint density at radius 2 is 1.93 bits per heavy atom. The SMILES string of the molecule is CC(C)C(C(=O)N1CCOCC1)n1nnc(-c2cccc(C(F)(F)F)c2)n1. The molecule has 1 aromatic heterocycles. The Morgan fingerprint density at radius 3 is 2.56 bits per heavy atom. The Kier molecular flexibility index (Phi) is 5.45. The van der Waals surface area contributed by atoms with Gasteiger partial charge in [-0.15, -0.1) is 10.2 Å². The minimum atomic E-state index is -4.46. The van der Waals surface area contributed by atoms with Crippen LogP contribution in [-0.2, 0) is 15.7 Å².